The van der Waals surface area contributed by atoms with Gasteiger partial charge in [0.05, 0.1) is 18.1 Å². The second-order valence-corrected chi connectivity index (χ2v) is 7.14. The van der Waals surface area contributed by atoms with Gasteiger partial charge in [0.15, 0.2) is 5.76 Å². The highest BCUT2D eigenvalue weighted by Crippen LogP contribution is 2.25. The summed E-state index contributed by atoms with van der Waals surface area (Å²) >= 11 is 0. The molecule has 0 bridgehead atoms. The van der Waals surface area contributed by atoms with E-state index >= 15 is 0 Å². The predicted molar refractivity (Wildman–Crippen MR) is 114 cm³/mol. The van der Waals surface area contributed by atoms with E-state index in [1.165, 1.54) is 0 Å². The zero-order valence-electron chi connectivity index (χ0n) is 17.0. The van der Waals surface area contributed by atoms with Crippen molar-refractivity contribution in [2.24, 2.45) is 0 Å². The molecular weight excluding hydrogens is 380 g/mol. The molecule has 0 atom stereocenters. The molecule has 0 aliphatic heterocycles. The Morgan fingerprint density at radius 2 is 1.90 bits per heavy atom. The summed E-state index contributed by atoms with van der Waals surface area (Å²) < 4.78 is 12.8. The van der Waals surface area contributed by atoms with Gasteiger partial charge in [0.2, 0.25) is 5.82 Å². The van der Waals surface area contributed by atoms with Gasteiger partial charge in [-0.2, -0.15) is 4.98 Å². The van der Waals surface area contributed by atoms with Crippen molar-refractivity contribution in [3.8, 4) is 23.3 Å². The van der Waals surface area contributed by atoms with Gasteiger partial charge in [-0.3, -0.25) is 4.79 Å². The molecule has 4 rings (SSSR count). The summed E-state index contributed by atoms with van der Waals surface area (Å²) in [5.74, 6) is 0.897. The lowest BCUT2D eigenvalue weighted by molar-refractivity contribution is 0.102. The van der Waals surface area contributed by atoms with Crippen molar-refractivity contribution in [2.75, 3.05) is 5.32 Å². The van der Waals surface area contributed by atoms with Crippen molar-refractivity contribution in [3.05, 3.63) is 78.1 Å². The average molecular weight is 402 g/mol. The molecule has 30 heavy (non-hydrogen) atoms. The number of aryl methyl sites for hydroxylation is 1. The summed E-state index contributed by atoms with van der Waals surface area (Å²) in [6.45, 7) is 5.81. The van der Waals surface area contributed by atoms with Gasteiger partial charge in [-0.25, -0.2) is 4.68 Å². The van der Waals surface area contributed by atoms with Crippen LogP contribution in [0.2, 0.25) is 0 Å². The molecule has 0 radical (unpaired) electrons. The van der Waals surface area contributed by atoms with Crippen LogP contribution in [-0.2, 0) is 0 Å². The number of ether oxygens (including phenoxy) is 1. The van der Waals surface area contributed by atoms with Gasteiger partial charge in [0, 0.05) is 11.3 Å². The Morgan fingerprint density at radius 3 is 2.60 bits per heavy atom. The molecule has 2 aromatic carbocycles. The van der Waals surface area contributed by atoms with Gasteiger partial charge < -0.3 is 14.5 Å². The Morgan fingerprint density at radius 1 is 1.10 bits per heavy atom. The molecule has 0 aliphatic carbocycles. The Hall–Kier alpha value is -3.87. The molecule has 1 amide bonds. The summed E-state index contributed by atoms with van der Waals surface area (Å²) in [6, 6.07) is 18.6. The summed E-state index contributed by atoms with van der Waals surface area (Å²) in [5, 5.41) is 7.40. The molecule has 0 aliphatic rings. The summed E-state index contributed by atoms with van der Waals surface area (Å²) in [6.07, 6.45) is 1.51. The first-order valence-corrected chi connectivity index (χ1v) is 9.65. The van der Waals surface area contributed by atoms with E-state index in [4.69, 9.17) is 9.15 Å². The Kier molecular flexibility index (Phi) is 5.34. The number of aromatic nitrogens is 3. The number of carbonyl (C=O) groups is 1. The van der Waals surface area contributed by atoms with E-state index < -0.39 is 0 Å². The molecule has 4 aromatic rings. The highest BCUT2D eigenvalue weighted by Gasteiger charge is 2.18. The van der Waals surface area contributed by atoms with E-state index in [1.807, 2.05) is 63.2 Å². The normalized spacial score (nSPS) is 10.9. The fraction of sp³-hybridized carbons (Fsp3) is 0.174. The SMILES string of the molecule is Cc1ccc(C(=O)Nc2cccc(-n3nc(OC(C)C)nc3-c3ccco3)c2)cc1. The highest BCUT2D eigenvalue weighted by molar-refractivity contribution is 6.04. The van der Waals surface area contributed by atoms with E-state index in [9.17, 15) is 4.79 Å². The average Bonchev–Trinajstić information content (AvgIpc) is 3.38. The minimum Gasteiger partial charge on any atom is -0.461 e. The molecule has 2 heterocycles. The Bertz CT molecular complexity index is 1150. The number of hydrogen-bond acceptors (Lipinski definition) is 5. The van der Waals surface area contributed by atoms with E-state index in [-0.39, 0.29) is 18.0 Å². The number of carbonyl (C=O) groups excluding carboxylic acids is 1. The summed E-state index contributed by atoms with van der Waals surface area (Å²) in [5.41, 5.74) is 3.06. The van der Waals surface area contributed by atoms with Crippen LogP contribution in [0.1, 0.15) is 29.8 Å². The van der Waals surface area contributed by atoms with Crippen molar-refractivity contribution in [1.82, 2.24) is 14.8 Å². The van der Waals surface area contributed by atoms with Crippen molar-refractivity contribution >= 4 is 11.6 Å². The van der Waals surface area contributed by atoms with Crippen LogP contribution in [-0.4, -0.2) is 26.8 Å². The molecule has 0 unspecified atom stereocenters. The first-order chi connectivity index (χ1) is 14.5. The molecule has 152 valence electrons. The van der Waals surface area contributed by atoms with Crippen molar-refractivity contribution in [1.29, 1.82) is 0 Å². The third-order valence-electron chi connectivity index (χ3n) is 4.33. The van der Waals surface area contributed by atoms with Crippen molar-refractivity contribution in [3.63, 3.8) is 0 Å². The first-order valence-electron chi connectivity index (χ1n) is 9.65. The molecule has 7 nitrogen and oxygen atoms in total. The maximum absolute atomic E-state index is 12.6. The van der Waals surface area contributed by atoms with Gasteiger partial charge in [-0.05, 0) is 63.2 Å². The number of hydrogen-bond donors (Lipinski definition) is 1. The van der Waals surface area contributed by atoms with Gasteiger partial charge in [0.25, 0.3) is 5.91 Å². The van der Waals surface area contributed by atoms with Gasteiger partial charge in [-0.15, -0.1) is 5.10 Å². The van der Waals surface area contributed by atoms with Crippen LogP contribution < -0.4 is 10.1 Å². The van der Waals surface area contributed by atoms with E-state index in [0.717, 1.165) is 5.56 Å². The van der Waals surface area contributed by atoms with E-state index in [2.05, 4.69) is 15.4 Å². The zero-order chi connectivity index (χ0) is 21.1. The molecular formula is C23H22N4O3. The fourth-order valence-corrected chi connectivity index (χ4v) is 2.92. The largest absolute Gasteiger partial charge is 0.461 e. The maximum Gasteiger partial charge on any atom is 0.336 e. The molecule has 0 spiro atoms. The van der Waals surface area contributed by atoms with E-state index in [1.54, 1.807) is 29.1 Å². The first kappa shape index (κ1) is 19.4. The summed E-state index contributed by atoms with van der Waals surface area (Å²) in [4.78, 5) is 17.0. The lowest BCUT2D eigenvalue weighted by atomic mass is 10.1. The Labute approximate surface area is 174 Å². The molecule has 2 aromatic heterocycles. The number of rotatable bonds is 6. The molecule has 0 saturated carbocycles. The third-order valence-corrected chi connectivity index (χ3v) is 4.33. The third kappa shape index (κ3) is 4.25. The standard InChI is InChI=1S/C23H22N4O3/c1-15(2)30-23-25-21(20-8-5-13-29-20)27(26-23)19-7-4-6-18(14-19)24-22(28)17-11-9-16(3)10-12-17/h4-15H,1-3H3,(H,24,28). The second-order valence-electron chi connectivity index (χ2n) is 7.14. The number of anilines is 1. The number of nitrogens with one attached hydrogen (secondary N) is 1. The van der Waals surface area contributed by atoms with Crippen LogP contribution in [0.25, 0.3) is 17.3 Å². The minimum atomic E-state index is -0.180. The van der Waals surface area contributed by atoms with Crippen LogP contribution >= 0.6 is 0 Å². The fourth-order valence-electron chi connectivity index (χ4n) is 2.92. The van der Waals surface area contributed by atoms with Crippen LogP contribution in [0, 0.1) is 6.92 Å². The van der Waals surface area contributed by atoms with Crippen LogP contribution in [0.4, 0.5) is 5.69 Å². The number of nitrogens with zero attached hydrogens (tertiary/aromatic N) is 3. The second kappa shape index (κ2) is 8.24. The van der Waals surface area contributed by atoms with Crippen molar-refractivity contribution in [2.45, 2.75) is 26.9 Å². The molecule has 7 heteroatoms. The molecule has 0 fully saturated rings. The van der Waals surface area contributed by atoms with Crippen LogP contribution in [0.5, 0.6) is 6.01 Å². The molecule has 1 N–H and O–H groups in total. The lowest BCUT2D eigenvalue weighted by Crippen LogP contribution is -2.12. The smallest absolute Gasteiger partial charge is 0.336 e. The molecule has 0 saturated heterocycles. The van der Waals surface area contributed by atoms with Gasteiger partial charge >= 0.3 is 6.01 Å². The zero-order valence-corrected chi connectivity index (χ0v) is 17.0. The van der Waals surface area contributed by atoms with Crippen molar-refractivity contribution < 1.29 is 13.9 Å². The minimum absolute atomic E-state index is 0.0644. The van der Waals surface area contributed by atoms with E-state index in [0.29, 0.717) is 28.5 Å². The van der Waals surface area contributed by atoms with Crippen LogP contribution in [0.15, 0.2) is 71.3 Å². The number of benzene rings is 2. The van der Waals surface area contributed by atoms with Gasteiger partial charge in [0.1, 0.15) is 0 Å². The number of amides is 1. The van der Waals surface area contributed by atoms with Gasteiger partial charge in [-0.1, -0.05) is 23.8 Å². The quantitative estimate of drug-likeness (QED) is 0.497. The highest BCUT2D eigenvalue weighted by atomic mass is 16.5. The van der Waals surface area contributed by atoms with Crippen LogP contribution in [0.3, 0.4) is 0 Å². The maximum atomic E-state index is 12.6. The topological polar surface area (TPSA) is 82.2 Å². The lowest BCUT2D eigenvalue weighted by Gasteiger charge is -2.09. The number of furan rings is 1. The Balaban J connectivity index is 1.65. The monoisotopic (exact) mass is 402 g/mol. The summed E-state index contributed by atoms with van der Waals surface area (Å²) in [7, 11) is 0. The predicted octanol–water partition coefficient (Wildman–Crippen LogP) is 4.88.